The van der Waals surface area contributed by atoms with E-state index in [-0.39, 0.29) is 11.9 Å². The van der Waals surface area contributed by atoms with E-state index in [9.17, 15) is 4.79 Å². The Morgan fingerprint density at radius 3 is 2.03 bits per heavy atom. The van der Waals surface area contributed by atoms with Crippen LogP contribution in [0.4, 0.5) is 0 Å². The summed E-state index contributed by atoms with van der Waals surface area (Å²) in [6.45, 7) is 4.49. The van der Waals surface area contributed by atoms with Gasteiger partial charge in [0.05, 0.1) is 5.92 Å². The van der Waals surface area contributed by atoms with Gasteiger partial charge in [-0.3, -0.25) is 4.79 Å². The molecule has 2 saturated carbocycles. The fourth-order valence-electron chi connectivity index (χ4n) is 6.34. The molecule has 0 bridgehead atoms. The van der Waals surface area contributed by atoms with Crippen molar-refractivity contribution in [2.24, 2.45) is 23.7 Å². The van der Waals surface area contributed by atoms with Gasteiger partial charge < -0.3 is 4.74 Å². The van der Waals surface area contributed by atoms with Crippen LogP contribution in [0.15, 0.2) is 36.7 Å². The minimum Gasteiger partial charge on any atom is -0.426 e. The number of hydrogen-bond donors (Lipinski definition) is 0. The molecule has 2 fully saturated rings. The second kappa shape index (κ2) is 13.9. The Morgan fingerprint density at radius 1 is 0.806 bits per heavy atom. The fourth-order valence-corrected chi connectivity index (χ4v) is 6.34. The van der Waals surface area contributed by atoms with Crippen molar-refractivity contribution in [1.82, 2.24) is 9.97 Å². The SMILES string of the molecule is CCCCCC1CCC(C2CCC(C(=O)Oc3ccc(-c4ncc(CCCC)cn4)cc3)CC2)CC1. The maximum Gasteiger partial charge on any atom is 0.314 e. The minimum atomic E-state index is -0.0580. The molecule has 196 valence electrons. The summed E-state index contributed by atoms with van der Waals surface area (Å²) >= 11 is 0. The molecule has 1 aromatic carbocycles. The molecule has 2 aliphatic carbocycles. The maximum atomic E-state index is 12.9. The molecule has 0 spiro atoms. The van der Waals surface area contributed by atoms with Gasteiger partial charge in [-0.25, -0.2) is 9.97 Å². The van der Waals surface area contributed by atoms with Gasteiger partial charge in [-0.15, -0.1) is 0 Å². The molecular formula is C32H46N2O2. The lowest BCUT2D eigenvalue weighted by Crippen LogP contribution is -2.30. The summed E-state index contributed by atoms with van der Waals surface area (Å²) in [5, 5.41) is 0. The summed E-state index contributed by atoms with van der Waals surface area (Å²) in [5.74, 6) is 4.00. The number of rotatable bonds is 11. The molecule has 0 amide bonds. The van der Waals surface area contributed by atoms with Crippen molar-refractivity contribution in [2.45, 2.75) is 110 Å². The number of nitrogens with zero attached hydrogens (tertiary/aromatic N) is 2. The number of aromatic nitrogens is 2. The van der Waals surface area contributed by atoms with Crippen molar-refractivity contribution in [3.8, 4) is 17.1 Å². The molecular weight excluding hydrogens is 444 g/mol. The highest BCUT2D eigenvalue weighted by Gasteiger charge is 2.33. The molecule has 1 aromatic heterocycles. The molecule has 2 aromatic rings. The summed E-state index contributed by atoms with van der Waals surface area (Å²) in [5.41, 5.74) is 2.12. The Morgan fingerprint density at radius 2 is 1.42 bits per heavy atom. The zero-order valence-electron chi connectivity index (χ0n) is 22.6. The van der Waals surface area contributed by atoms with E-state index in [1.807, 2.05) is 36.7 Å². The van der Waals surface area contributed by atoms with Crippen molar-refractivity contribution in [3.63, 3.8) is 0 Å². The van der Waals surface area contributed by atoms with Crippen LogP contribution in [0.3, 0.4) is 0 Å². The molecule has 4 heteroatoms. The molecule has 0 aliphatic heterocycles. The van der Waals surface area contributed by atoms with Crippen LogP contribution < -0.4 is 4.74 Å². The lowest BCUT2D eigenvalue weighted by atomic mass is 9.68. The predicted octanol–water partition coefficient (Wildman–Crippen LogP) is 8.58. The van der Waals surface area contributed by atoms with Crippen molar-refractivity contribution in [1.29, 1.82) is 0 Å². The number of aryl methyl sites for hydroxylation is 1. The van der Waals surface area contributed by atoms with Crippen molar-refractivity contribution < 1.29 is 9.53 Å². The highest BCUT2D eigenvalue weighted by atomic mass is 16.5. The third-order valence-corrected chi connectivity index (χ3v) is 8.73. The van der Waals surface area contributed by atoms with Gasteiger partial charge in [0.25, 0.3) is 0 Å². The number of hydrogen-bond acceptors (Lipinski definition) is 4. The van der Waals surface area contributed by atoms with E-state index in [0.29, 0.717) is 11.6 Å². The zero-order valence-corrected chi connectivity index (χ0v) is 22.6. The van der Waals surface area contributed by atoms with Crippen molar-refractivity contribution in [3.05, 3.63) is 42.2 Å². The summed E-state index contributed by atoms with van der Waals surface area (Å²) in [6, 6.07) is 7.62. The minimum absolute atomic E-state index is 0.0466. The van der Waals surface area contributed by atoms with Crippen LogP contribution >= 0.6 is 0 Å². The van der Waals surface area contributed by atoms with Gasteiger partial charge in [-0.2, -0.15) is 0 Å². The molecule has 4 nitrogen and oxygen atoms in total. The van der Waals surface area contributed by atoms with Crippen LogP contribution in [-0.2, 0) is 11.2 Å². The first-order chi connectivity index (χ1) is 17.7. The standard InChI is InChI=1S/C32H46N2O2/c1-3-5-7-9-24-10-12-26(13-11-24)27-14-16-29(17-15-27)32(35)36-30-20-18-28(19-21-30)31-33-22-25(23-34-31)8-6-4-2/h18-24,26-27,29H,3-17H2,1-2H3. The quantitative estimate of drug-likeness (QED) is 0.180. The topological polar surface area (TPSA) is 52.1 Å². The first-order valence-electron chi connectivity index (χ1n) is 14.8. The average molecular weight is 491 g/mol. The Hall–Kier alpha value is -2.23. The van der Waals surface area contributed by atoms with E-state index < -0.39 is 0 Å². The first-order valence-corrected chi connectivity index (χ1v) is 14.8. The number of benzene rings is 1. The number of carbonyl (C=O) groups excluding carboxylic acids is 1. The number of unbranched alkanes of at least 4 members (excludes halogenated alkanes) is 3. The average Bonchev–Trinajstić information content (AvgIpc) is 2.93. The second-order valence-electron chi connectivity index (χ2n) is 11.4. The van der Waals surface area contributed by atoms with Crippen LogP contribution in [0.5, 0.6) is 5.75 Å². The van der Waals surface area contributed by atoms with E-state index in [1.54, 1.807) is 0 Å². The summed E-state index contributed by atoms with van der Waals surface area (Å²) in [4.78, 5) is 21.9. The Balaban J connectivity index is 1.19. The van der Waals surface area contributed by atoms with Crippen LogP contribution in [0.1, 0.15) is 109 Å². The lowest BCUT2D eigenvalue weighted by Gasteiger charge is -2.37. The largest absolute Gasteiger partial charge is 0.426 e. The van der Waals surface area contributed by atoms with E-state index in [4.69, 9.17) is 4.74 Å². The molecule has 0 saturated heterocycles. The highest BCUT2D eigenvalue weighted by Crippen LogP contribution is 2.42. The van der Waals surface area contributed by atoms with Gasteiger partial charge in [0.15, 0.2) is 5.82 Å². The number of esters is 1. The molecule has 0 N–H and O–H groups in total. The molecule has 0 atom stereocenters. The van der Waals surface area contributed by atoms with Crippen LogP contribution in [0.2, 0.25) is 0 Å². The Kier molecular flexibility index (Phi) is 10.4. The van der Waals surface area contributed by atoms with E-state index in [0.717, 1.165) is 49.0 Å². The van der Waals surface area contributed by atoms with Gasteiger partial charge in [-0.1, -0.05) is 58.8 Å². The molecule has 0 unspecified atom stereocenters. The lowest BCUT2D eigenvalue weighted by molar-refractivity contribution is -0.140. The summed E-state index contributed by atoms with van der Waals surface area (Å²) in [7, 11) is 0. The molecule has 2 aliphatic rings. The summed E-state index contributed by atoms with van der Waals surface area (Å²) < 4.78 is 5.77. The molecule has 1 heterocycles. The third kappa shape index (κ3) is 7.63. The number of ether oxygens (including phenoxy) is 1. The smallest absolute Gasteiger partial charge is 0.314 e. The van der Waals surface area contributed by atoms with E-state index in [2.05, 4.69) is 23.8 Å². The van der Waals surface area contributed by atoms with E-state index >= 15 is 0 Å². The van der Waals surface area contributed by atoms with Crippen molar-refractivity contribution >= 4 is 5.97 Å². The van der Waals surface area contributed by atoms with Gasteiger partial charge in [0, 0.05) is 18.0 Å². The predicted molar refractivity (Wildman–Crippen MR) is 147 cm³/mol. The first kappa shape index (κ1) is 26.8. The van der Waals surface area contributed by atoms with Gasteiger partial charge in [-0.05, 0) is 98.9 Å². The molecule has 36 heavy (non-hydrogen) atoms. The highest BCUT2D eigenvalue weighted by molar-refractivity contribution is 5.75. The third-order valence-electron chi connectivity index (χ3n) is 8.73. The number of carbonyl (C=O) groups is 1. The van der Waals surface area contributed by atoms with Gasteiger partial charge >= 0.3 is 5.97 Å². The zero-order chi connectivity index (χ0) is 25.2. The second-order valence-corrected chi connectivity index (χ2v) is 11.4. The van der Waals surface area contributed by atoms with Crippen LogP contribution in [0.25, 0.3) is 11.4 Å². The normalized spacial score (nSPS) is 24.4. The maximum absolute atomic E-state index is 12.9. The fraction of sp³-hybridized carbons (Fsp3) is 0.656. The Bertz CT molecular complexity index is 908. The molecule has 0 radical (unpaired) electrons. The van der Waals surface area contributed by atoms with Crippen molar-refractivity contribution in [2.75, 3.05) is 0 Å². The van der Waals surface area contributed by atoms with Gasteiger partial charge in [0.2, 0.25) is 0 Å². The van der Waals surface area contributed by atoms with Gasteiger partial charge in [0.1, 0.15) is 5.75 Å². The molecule has 4 rings (SSSR count). The Labute approximate surface area is 218 Å². The monoisotopic (exact) mass is 490 g/mol. The van der Waals surface area contributed by atoms with E-state index in [1.165, 1.54) is 76.2 Å². The summed E-state index contributed by atoms with van der Waals surface area (Å²) in [6.07, 6.45) is 22.8. The van der Waals surface area contributed by atoms with Crippen LogP contribution in [0, 0.1) is 23.7 Å². The van der Waals surface area contributed by atoms with Crippen LogP contribution in [-0.4, -0.2) is 15.9 Å².